The molecular weight excluding hydrogens is 480 g/mol. The van der Waals surface area contributed by atoms with Crippen molar-refractivity contribution < 1.29 is 43.9 Å². The fourth-order valence-corrected chi connectivity index (χ4v) is 3.54. The van der Waals surface area contributed by atoms with Crippen molar-refractivity contribution in [3.8, 4) is 0 Å². The number of amides is 2. The minimum Gasteiger partial charge on any atom is -0.480 e. The first-order chi connectivity index (χ1) is 17.0. The molecule has 0 bridgehead atoms. The first kappa shape index (κ1) is 27.2. The number of carboxylic acids is 1. The van der Waals surface area contributed by atoms with Crippen molar-refractivity contribution in [1.29, 1.82) is 0 Å². The second-order valence-corrected chi connectivity index (χ2v) is 8.50. The lowest BCUT2D eigenvalue weighted by atomic mass is 10.0. The lowest BCUT2D eigenvalue weighted by molar-refractivity contribution is -0.273. The highest BCUT2D eigenvalue weighted by Gasteiger charge is 2.35. The van der Waals surface area contributed by atoms with Gasteiger partial charge in [0, 0.05) is 12.8 Å². The SMILES string of the molecule is C[C@H](CCC(=O)O[C@H](C)[C@H](NC(=O)Nc1ncnc2nc[nH]c12)C(=O)O)O[C@@H]1O[C@@H](C)[C@H](O)C[C@H]1O. The molecule has 0 saturated carbocycles. The zero-order valence-corrected chi connectivity index (χ0v) is 20.0. The van der Waals surface area contributed by atoms with Crippen molar-refractivity contribution in [2.24, 2.45) is 0 Å². The number of anilines is 1. The zero-order chi connectivity index (χ0) is 26.4. The van der Waals surface area contributed by atoms with Crippen LogP contribution in [0.25, 0.3) is 11.2 Å². The number of imidazole rings is 1. The second-order valence-electron chi connectivity index (χ2n) is 8.50. The van der Waals surface area contributed by atoms with E-state index in [0.717, 1.165) is 0 Å². The number of carbonyl (C=O) groups is 3. The quantitative estimate of drug-likeness (QED) is 0.231. The number of H-pyrrole nitrogens is 1. The van der Waals surface area contributed by atoms with Crippen molar-refractivity contribution in [3.63, 3.8) is 0 Å². The number of aliphatic hydroxyl groups excluding tert-OH is 2. The molecule has 0 unspecified atom stereocenters. The van der Waals surface area contributed by atoms with Gasteiger partial charge >= 0.3 is 18.0 Å². The highest BCUT2D eigenvalue weighted by atomic mass is 16.7. The molecule has 0 aliphatic carbocycles. The van der Waals surface area contributed by atoms with Gasteiger partial charge in [-0.15, -0.1) is 0 Å². The average molecular weight is 511 g/mol. The van der Waals surface area contributed by atoms with Gasteiger partial charge in [-0.25, -0.2) is 24.5 Å². The van der Waals surface area contributed by atoms with E-state index in [1.165, 1.54) is 19.6 Å². The Morgan fingerprint density at radius 3 is 2.69 bits per heavy atom. The maximum atomic E-state index is 12.4. The molecule has 6 N–H and O–H groups in total. The number of nitrogens with zero attached hydrogens (tertiary/aromatic N) is 3. The molecule has 15 heteroatoms. The Bertz CT molecular complexity index is 1070. The van der Waals surface area contributed by atoms with Gasteiger partial charge in [0.1, 0.15) is 24.1 Å². The monoisotopic (exact) mass is 510 g/mol. The summed E-state index contributed by atoms with van der Waals surface area (Å²) in [6.07, 6.45) is -2.18. The predicted molar refractivity (Wildman–Crippen MR) is 122 cm³/mol. The van der Waals surface area contributed by atoms with E-state index >= 15 is 0 Å². The normalized spacial score (nSPS) is 24.5. The van der Waals surface area contributed by atoms with E-state index in [0.29, 0.717) is 11.2 Å². The van der Waals surface area contributed by atoms with Crippen molar-refractivity contribution in [1.82, 2.24) is 25.3 Å². The molecule has 0 radical (unpaired) electrons. The summed E-state index contributed by atoms with van der Waals surface area (Å²) >= 11 is 0. The number of esters is 1. The van der Waals surface area contributed by atoms with E-state index < -0.39 is 60.8 Å². The number of carbonyl (C=O) groups excluding carboxylic acids is 2. The van der Waals surface area contributed by atoms with Crippen molar-refractivity contribution in [3.05, 3.63) is 12.7 Å². The van der Waals surface area contributed by atoms with Crippen LogP contribution in [0, 0.1) is 0 Å². The number of urea groups is 1. The summed E-state index contributed by atoms with van der Waals surface area (Å²) in [4.78, 5) is 50.9. The Labute approximate surface area is 205 Å². The zero-order valence-electron chi connectivity index (χ0n) is 20.0. The van der Waals surface area contributed by atoms with E-state index in [4.69, 9.17) is 14.2 Å². The summed E-state index contributed by atoms with van der Waals surface area (Å²) in [5, 5.41) is 33.9. The number of nitrogens with one attached hydrogen (secondary N) is 3. The van der Waals surface area contributed by atoms with Crippen LogP contribution in [0.3, 0.4) is 0 Å². The molecule has 36 heavy (non-hydrogen) atoms. The lowest BCUT2D eigenvalue weighted by Crippen LogP contribution is -2.50. The minimum absolute atomic E-state index is 0.0914. The van der Waals surface area contributed by atoms with Crippen LogP contribution < -0.4 is 10.6 Å². The molecule has 1 aliphatic heterocycles. The van der Waals surface area contributed by atoms with Crippen LogP contribution in [0.1, 0.15) is 40.0 Å². The molecule has 198 valence electrons. The minimum atomic E-state index is -1.54. The molecule has 15 nitrogen and oxygen atoms in total. The maximum absolute atomic E-state index is 12.4. The van der Waals surface area contributed by atoms with Crippen LogP contribution in [-0.2, 0) is 23.8 Å². The summed E-state index contributed by atoms with van der Waals surface area (Å²) in [6, 6.07) is -2.42. The summed E-state index contributed by atoms with van der Waals surface area (Å²) in [5.74, 6) is -2.01. The van der Waals surface area contributed by atoms with E-state index in [2.05, 4.69) is 30.6 Å². The third-order valence-corrected chi connectivity index (χ3v) is 5.60. The number of aromatic nitrogens is 4. The Hall–Kier alpha value is -3.40. The first-order valence-electron chi connectivity index (χ1n) is 11.4. The van der Waals surface area contributed by atoms with E-state index in [1.807, 2.05) is 0 Å². The highest BCUT2D eigenvalue weighted by molar-refractivity contribution is 5.97. The van der Waals surface area contributed by atoms with Gasteiger partial charge in [0.05, 0.1) is 24.6 Å². The number of rotatable bonds is 10. The van der Waals surface area contributed by atoms with Gasteiger partial charge in [0.2, 0.25) is 0 Å². The third-order valence-electron chi connectivity index (χ3n) is 5.60. The smallest absolute Gasteiger partial charge is 0.330 e. The number of aliphatic carboxylic acids is 1. The molecule has 2 amide bonds. The van der Waals surface area contributed by atoms with Gasteiger partial charge in [-0.05, 0) is 27.2 Å². The van der Waals surface area contributed by atoms with Gasteiger partial charge in [0.25, 0.3) is 0 Å². The summed E-state index contributed by atoms with van der Waals surface area (Å²) in [6.45, 7) is 4.68. The molecule has 0 spiro atoms. The summed E-state index contributed by atoms with van der Waals surface area (Å²) < 4.78 is 16.3. The molecule has 3 heterocycles. The van der Waals surface area contributed by atoms with Gasteiger partial charge in [-0.1, -0.05) is 0 Å². The lowest BCUT2D eigenvalue weighted by Gasteiger charge is -2.36. The number of aromatic amines is 1. The van der Waals surface area contributed by atoms with Crippen LogP contribution in [0.2, 0.25) is 0 Å². The summed E-state index contributed by atoms with van der Waals surface area (Å²) in [7, 11) is 0. The second kappa shape index (κ2) is 12.0. The largest absolute Gasteiger partial charge is 0.480 e. The molecule has 0 aromatic carbocycles. The molecule has 3 rings (SSSR count). The highest BCUT2D eigenvalue weighted by Crippen LogP contribution is 2.23. The fourth-order valence-electron chi connectivity index (χ4n) is 3.54. The number of hydrogen-bond donors (Lipinski definition) is 6. The Morgan fingerprint density at radius 2 is 1.97 bits per heavy atom. The fraction of sp³-hybridized carbons (Fsp3) is 0.619. The Kier molecular flexibility index (Phi) is 9.08. The van der Waals surface area contributed by atoms with Gasteiger partial charge in [0.15, 0.2) is 23.8 Å². The third kappa shape index (κ3) is 7.07. The molecular formula is C21H30N6O9. The number of fused-ring (bicyclic) bond motifs is 1. The Balaban J connectivity index is 1.47. The van der Waals surface area contributed by atoms with Gasteiger partial charge in [-0.2, -0.15) is 0 Å². The van der Waals surface area contributed by atoms with Gasteiger partial charge in [-0.3, -0.25) is 10.1 Å². The molecule has 2 aromatic rings. The molecule has 2 aromatic heterocycles. The van der Waals surface area contributed by atoms with Crippen LogP contribution in [0.5, 0.6) is 0 Å². The van der Waals surface area contributed by atoms with Crippen LogP contribution in [0.4, 0.5) is 10.6 Å². The van der Waals surface area contributed by atoms with E-state index in [-0.39, 0.29) is 25.1 Å². The van der Waals surface area contributed by atoms with Crippen LogP contribution in [0.15, 0.2) is 12.7 Å². The number of carboxylic acid groups (broad SMARTS) is 1. The number of hydrogen-bond acceptors (Lipinski definition) is 11. The molecule has 1 saturated heterocycles. The van der Waals surface area contributed by atoms with Crippen molar-refractivity contribution in [2.45, 2.75) is 82.9 Å². The number of aliphatic hydroxyl groups is 2. The van der Waals surface area contributed by atoms with Crippen molar-refractivity contribution in [2.75, 3.05) is 5.32 Å². The van der Waals surface area contributed by atoms with Crippen molar-refractivity contribution >= 4 is 35.0 Å². The maximum Gasteiger partial charge on any atom is 0.330 e. The van der Waals surface area contributed by atoms with E-state index in [1.54, 1.807) is 13.8 Å². The topological polar surface area (TPSA) is 218 Å². The standard InChI is InChI=1S/C21H30N6O9/c1-9(34-20-13(29)6-12(28)10(2)36-20)4-5-14(30)35-11(3)15(19(31)32)26-21(33)27-18-16-17(23-7-22-16)24-8-25-18/h7-13,15,20,28-29H,4-6H2,1-3H3,(H,31,32)(H3,22,23,24,25,26,27,33)/t9-,10+,11-,12-,13-,15+,20-/m1/s1. The van der Waals surface area contributed by atoms with E-state index in [9.17, 15) is 29.7 Å². The number of ether oxygens (including phenoxy) is 3. The van der Waals surface area contributed by atoms with Gasteiger partial charge < -0.3 is 39.8 Å². The summed E-state index contributed by atoms with van der Waals surface area (Å²) in [5.41, 5.74) is 0.666. The first-order valence-corrected chi connectivity index (χ1v) is 11.4. The molecule has 7 atom stereocenters. The van der Waals surface area contributed by atoms with Crippen LogP contribution in [-0.4, -0.2) is 96.1 Å². The Morgan fingerprint density at radius 1 is 1.22 bits per heavy atom. The average Bonchev–Trinajstić information content (AvgIpc) is 3.29. The molecule has 1 aliphatic rings. The van der Waals surface area contributed by atoms with Crippen LogP contribution >= 0.6 is 0 Å². The predicted octanol–water partition coefficient (Wildman–Crippen LogP) is -0.0987. The molecule has 1 fully saturated rings.